The molecule has 0 atom stereocenters. The summed E-state index contributed by atoms with van der Waals surface area (Å²) in [5.74, 6) is -1.34. The Hall–Kier alpha value is -2.66. The molecule has 0 radical (unpaired) electrons. The van der Waals surface area contributed by atoms with E-state index in [-0.39, 0.29) is 23.9 Å². The van der Waals surface area contributed by atoms with Crippen molar-refractivity contribution in [2.45, 2.75) is 19.3 Å². The number of hydrogen-bond donors (Lipinski definition) is 2. The van der Waals surface area contributed by atoms with Crippen LogP contribution in [0.2, 0.25) is 0 Å². The van der Waals surface area contributed by atoms with Gasteiger partial charge in [-0.3, -0.25) is 15.3 Å². The second-order valence-electron chi connectivity index (χ2n) is 5.70. The molecule has 0 aromatic heterocycles. The minimum Gasteiger partial charge on any atom is -0.297 e. The molecule has 0 fully saturated rings. The normalized spacial score (nSPS) is 11.9. The van der Waals surface area contributed by atoms with E-state index in [4.69, 9.17) is 12.2 Å². The maximum absolute atomic E-state index is 12.9. The number of benzene rings is 2. The molecule has 4 nitrogen and oxygen atoms in total. The van der Waals surface area contributed by atoms with Crippen molar-refractivity contribution in [1.82, 2.24) is 5.32 Å². The predicted molar refractivity (Wildman–Crippen MR) is 92.0 cm³/mol. The second kappa shape index (κ2) is 7.76. The standard InChI is InChI=1S/C17H12F6N2O2S/c1-9-3-2-4-13(5-9)25(27)15(28)24-14(26)10-6-11(16(18,19)20)8-12(7-10)17(21,22)23/h2-8,27H,1H3,(H,24,26,28). The number of rotatable bonds is 2. The van der Waals surface area contributed by atoms with Crippen molar-refractivity contribution in [2.24, 2.45) is 0 Å². The molecular formula is C17H12F6N2O2S. The van der Waals surface area contributed by atoms with Crippen LogP contribution in [-0.2, 0) is 12.4 Å². The summed E-state index contributed by atoms with van der Waals surface area (Å²) in [6.45, 7) is 1.71. The van der Waals surface area contributed by atoms with Crippen molar-refractivity contribution in [3.05, 3.63) is 64.7 Å². The van der Waals surface area contributed by atoms with Crippen LogP contribution in [0, 0.1) is 6.92 Å². The third kappa shape index (κ3) is 5.20. The van der Waals surface area contributed by atoms with Gasteiger partial charge in [0.2, 0.25) is 5.11 Å². The van der Waals surface area contributed by atoms with Gasteiger partial charge >= 0.3 is 12.4 Å². The highest BCUT2D eigenvalue weighted by Crippen LogP contribution is 2.36. The summed E-state index contributed by atoms with van der Waals surface area (Å²) in [5, 5.41) is 11.6. The minimum absolute atomic E-state index is 0.0970. The number of aryl methyl sites for hydroxylation is 1. The van der Waals surface area contributed by atoms with E-state index < -0.39 is 40.1 Å². The summed E-state index contributed by atoms with van der Waals surface area (Å²) < 4.78 is 77.3. The van der Waals surface area contributed by atoms with Crippen LogP contribution in [0.3, 0.4) is 0 Å². The van der Waals surface area contributed by atoms with Crippen molar-refractivity contribution in [3.8, 4) is 0 Å². The number of carbonyl (C=O) groups is 1. The largest absolute Gasteiger partial charge is 0.416 e. The van der Waals surface area contributed by atoms with Crippen LogP contribution in [0.15, 0.2) is 42.5 Å². The van der Waals surface area contributed by atoms with Gasteiger partial charge in [-0.25, -0.2) is 0 Å². The van der Waals surface area contributed by atoms with Crippen LogP contribution in [-0.4, -0.2) is 16.2 Å². The predicted octanol–water partition coefficient (Wildman–Crippen LogP) is 4.94. The van der Waals surface area contributed by atoms with E-state index >= 15 is 0 Å². The lowest BCUT2D eigenvalue weighted by molar-refractivity contribution is -0.143. The van der Waals surface area contributed by atoms with Gasteiger partial charge in [0.25, 0.3) is 5.91 Å². The Labute approximate surface area is 160 Å². The van der Waals surface area contributed by atoms with Gasteiger partial charge in [-0.05, 0) is 55.0 Å². The van der Waals surface area contributed by atoms with Gasteiger partial charge < -0.3 is 0 Å². The molecule has 2 rings (SSSR count). The van der Waals surface area contributed by atoms with E-state index in [0.717, 1.165) is 5.56 Å². The van der Waals surface area contributed by atoms with Gasteiger partial charge in [0.05, 0.1) is 16.8 Å². The Bertz CT molecular complexity index is 879. The zero-order chi connectivity index (χ0) is 21.3. The third-order valence-electron chi connectivity index (χ3n) is 3.51. The van der Waals surface area contributed by atoms with Gasteiger partial charge in [0.15, 0.2) is 0 Å². The van der Waals surface area contributed by atoms with Crippen LogP contribution >= 0.6 is 12.2 Å². The summed E-state index contributed by atoms with van der Waals surface area (Å²) in [6, 6.07) is 6.63. The number of anilines is 1. The minimum atomic E-state index is -5.10. The summed E-state index contributed by atoms with van der Waals surface area (Å²) in [5.41, 5.74) is -3.32. The number of hydrogen-bond acceptors (Lipinski definition) is 3. The fraction of sp³-hybridized carbons (Fsp3) is 0.176. The van der Waals surface area contributed by atoms with Crippen LogP contribution in [0.5, 0.6) is 0 Å². The van der Waals surface area contributed by atoms with Crippen molar-refractivity contribution in [1.29, 1.82) is 0 Å². The number of amides is 1. The second-order valence-corrected chi connectivity index (χ2v) is 6.09. The fourth-order valence-corrected chi connectivity index (χ4v) is 2.38. The monoisotopic (exact) mass is 422 g/mol. The molecule has 2 N–H and O–H groups in total. The Morgan fingerprint density at radius 1 is 1.00 bits per heavy atom. The number of hydroxylamine groups is 1. The fourth-order valence-electron chi connectivity index (χ4n) is 2.19. The quantitative estimate of drug-likeness (QED) is 0.409. The van der Waals surface area contributed by atoms with Crippen LogP contribution in [0.25, 0.3) is 0 Å². The van der Waals surface area contributed by atoms with Crippen LogP contribution in [0.1, 0.15) is 27.0 Å². The maximum atomic E-state index is 12.9. The zero-order valence-corrected chi connectivity index (χ0v) is 14.8. The lowest BCUT2D eigenvalue weighted by Gasteiger charge is -2.19. The highest BCUT2D eigenvalue weighted by molar-refractivity contribution is 7.80. The topological polar surface area (TPSA) is 52.6 Å². The molecule has 2 aromatic carbocycles. The molecule has 0 saturated heterocycles. The highest BCUT2D eigenvalue weighted by Gasteiger charge is 2.37. The van der Waals surface area contributed by atoms with E-state index in [2.05, 4.69) is 0 Å². The van der Waals surface area contributed by atoms with Crippen molar-refractivity contribution in [3.63, 3.8) is 0 Å². The molecule has 0 spiro atoms. The number of halogens is 6. The molecule has 0 bridgehead atoms. The smallest absolute Gasteiger partial charge is 0.297 e. The highest BCUT2D eigenvalue weighted by atomic mass is 32.1. The number of nitrogens with one attached hydrogen (secondary N) is 1. The first-order valence-electron chi connectivity index (χ1n) is 7.49. The number of nitrogens with zero attached hydrogens (tertiary/aromatic N) is 1. The van der Waals surface area contributed by atoms with Crippen LogP contribution < -0.4 is 10.4 Å². The number of thiocarbonyl (C=S) groups is 1. The average Bonchev–Trinajstić information content (AvgIpc) is 2.59. The number of carbonyl (C=O) groups excluding carboxylic acids is 1. The summed E-state index contributed by atoms with van der Waals surface area (Å²) >= 11 is 4.79. The van der Waals surface area contributed by atoms with E-state index in [1.165, 1.54) is 12.1 Å². The van der Waals surface area contributed by atoms with E-state index in [1.807, 2.05) is 5.32 Å². The maximum Gasteiger partial charge on any atom is 0.416 e. The lowest BCUT2D eigenvalue weighted by atomic mass is 10.0. The average molecular weight is 422 g/mol. The molecule has 1 amide bonds. The molecule has 0 aliphatic carbocycles. The van der Waals surface area contributed by atoms with E-state index in [0.29, 0.717) is 5.06 Å². The lowest BCUT2D eigenvalue weighted by Crippen LogP contribution is -2.41. The first-order chi connectivity index (χ1) is 12.8. The molecule has 0 heterocycles. The van der Waals surface area contributed by atoms with Gasteiger partial charge in [0.1, 0.15) is 0 Å². The first kappa shape index (κ1) is 21.6. The van der Waals surface area contributed by atoms with Gasteiger partial charge in [-0.2, -0.15) is 31.4 Å². The Kier molecular flexibility index (Phi) is 6.00. The van der Waals surface area contributed by atoms with Crippen molar-refractivity contribution < 1.29 is 36.3 Å². The van der Waals surface area contributed by atoms with Gasteiger partial charge in [0, 0.05) is 5.56 Å². The Morgan fingerprint density at radius 3 is 2.00 bits per heavy atom. The molecule has 11 heteroatoms. The molecule has 0 aliphatic rings. The van der Waals surface area contributed by atoms with Gasteiger partial charge in [-0.15, -0.1) is 0 Å². The zero-order valence-electron chi connectivity index (χ0n) is 14.0. The molecule has 0 saturated carbocycles. The first-order valence-corrected chi connectivity index (χ1v) is 7.90. The van der Waals surface area contributed by atoms with E-state index in [9.17, 15) is 36.3 Å². The van der Waals surface area contributed by atoms with Gasteiger partial charge in [-0.1, -0.05) is 12.1 Å². The summed E-state index contributed by atoms with van der Waals surface area (Å²) in [6.07, 6.45) is -10.2. The molecule has 0 aliphatic heterocycles. The molecular weight excluding hydrogens is 410 g/mol. The van der Waals surface area contributed by atoms with Crippen LogP contribution in [0.4, 0.5) is 32.0 Å². The Balaban J connectivity index is 2.31. The third-order valence-corrected chi connectivity index (χ3v) is 3.78. The van der Waals surface area contributed by atoms with Crippen molar-refractivity contribution in [2.75, 3.05) is 5.06 Å². The molecule has 0 unspecified atom stereocenters. The SMILES string of the molecule is Cc1cccc(N(O)C(=S)NC(=O)c2cc(C(F)(F)F)cc(C(F)(F)F)c2)c1. The van der Waals surface area contributed by atoms with E-state index in [1.54, 1.807) is 19.1 Å². The number of alkyl halides is 6. The summed E-state index contributed by atoms with van der Waals surface area (Å²) in [4.78, 5) is 12.1. The summed E-state index contributed by atoms with van der Waals surface area (Å²) in [7, 11) is 0. The molecule has 28 heavy (non-hydrogen) atoms. The Morgan fingerprint density at radius 2 is 1.54 bits per heavy atom. The molecule has 2 aromatic rings. The van der Waals surface area contributed by atoms with Crippen molar-refractivity contribution >= 4 is 28.9 Å². The molecule has 150 valence electrons.